The highest BCUT2D eigenvalue weighted by Crippen LogP contribution is 2.43. The summed E-state index contributed by atoms with van der Waals surface area (Å²) in [6.07, 6.45) is 4.28. The van der Waals surface area contributed by atoms with Gasteiger partial charge in [-0.3, -0.25) is 4.79 Å². The summed E-state index contributed by atoms with van der Waals surface area (Å²) in [7, 11) is 0.345. The summed E-state index contributed by atoms with van der Waals surface area (Å²) < 4.78 is 17.4. The fourth-order valence-corrected chi connectivity index (χ4v) is 2.83. The number of hydrogen-bond donors (Lipinski definition) is 1. The number of rotatable bonds is 8. The van der Waals surface area contributed by atoms with Crippen molar-refractivity contribution in [1.29, 1.82) is 0 Å². The Kier molecular flexibility index (Phi) is 6.75. The van der Waals surface area contributed by atoms with E-state index in [-0.39, 0.29) is 12.6 Å². The molecule has 1 saturated carbocycles. The fourth-order valence-electron chi connectivity index (χ4n) is 2.83. The van der Waals surface area contributed by atoms with Gasteiger partial charge < -0.3 is 19.2 Å². The third kappa shape index (κ3) is 5.95. The summed E-state index contributed by atoms with van der Waals surface area (Å²) in [6, 6.07) is 1.86. The number of nitrogens with zero attached hydrogens (tertiary/aromatic N) is 1. The number of carbonyl (C=O) groups excluding carboxylic acids is 1. The summed E-state index contributed by atoms with van der Waals surface area (Å²) in [5, 5.41) is 10.2. The van der Waals surface area contributed by atoms with E-state index in [1.165, 1.54) is 0 Å². The zero-order valence-electron chi connectivity index (χ0n) is 19.2. The predicted molar refractivity (Wildman–Crippen MR) is 115 cm³/mol. The molecule has 1 heterocycles. The van der Waals surface area contributed by atoms with Crippen molar-refractivity contribution in [2.24, 2.45) is 5.41 Å². The van der Waals surface area contributed by atoms with Gasteiger partial charge in [0.2, 0.25) is 5.88 Å². The lowest BCUT2D eigenvalue weighted by Gasteiger charge is -2.40. The molecule has 1 N–H and O–H groups in total. The van der Waals surface area contributed by atoms with Gasteiger partial charge in [0.05, 0.1) is 11.2 Å². The Morgan fingerprint density at radius 3 is 2.28 bits per heavy atom. The van der Waals surface area contributed by atoms with Crippen molar-refractivity contribution >= 4 is 18.9 Å². The first-order valence-corrected chi connectivity index (χ1v) is 10.3. The summed E-state index contributed by atoms with van der Waals surface area (Å²) in [5.41, 5.74) is -0.815. The van der Waals surface area contributed by atoms with Crippen LogP contribution in [0.3, 0.4) is 0 Å². The topological polar surface area (TPSA) is 77.9 Å². The molecule has 1 aliphatic rings. The van der Waals surface area contributed by atoms with Gasteiger partial charge in [-0.05, 0) is 79.3 Å². The minimum atomic E-state index is -0.962. The second-order valence-electron chi connectivity index (χ2n) is 10.2. The molecule has 0 saturated heterocycles. The Labute approximate surface area is 175 Å². The molecule has 0 aromatic carbocycles. The second kappa shape index (κ2) is 8.27. The number of carbonyl (C=O) groups is 1. The molecule has 0 spiro atoms. The van der Waals surface area contributed by atoms with Crippen LogP contribution >= 0.6 is 0 Å². The maximum absolute atomic E-state index is 12.6. The highest BCUT2D eigenvalue weighted by atomic mass is 16.6. The molecule has 1 aromatic heterocycles. The summed E-state index contributed by atoms with van der Waals surface area (Å²) >= 11 is 0. The molecule has 0 aliphatic heterocycles. The standard InChI is InChI=1S/C22H36BNO5/c1-15-12-17(24-13-16(15)23-29-21(7,8)20(5,6)26)27-14-22(10-9-11-22)18(25)28-19(2,3)4/h12-13,23,26H,9-11,14H2,1-8H3. The Morgan fingerprint density at radius 1 is 1.21 bits per heavy atom. The summed E-state index contributed by atoms with van der Waals surface area (Å²) in [6.45, 7) is 15.1. The number of esters is 1. The van der Waals surface area contributed by atoms with Crippen LogP contribution in [0.4, 0.5) is 0 Å². The van der Waals surface area contributed by atoms with Crippen LogP contribution in [-0.4, -0.2) is 47.0 Å². The van der Waals surface area contributed by atoms with Gasteiger partial charge in [0.25, 0.3) is 0 Å². The zero-order valence-corrected chi connectivity index (χ0v) is 19.2. The van der Waals surface area contributed by atoms with Crippen molar-refractivity contribution in [1.82, 2.24) is 4.98 Å². The van der Waals surface area contributed by atoms with Crippen LogP contribution in [-0.2, 0) is 14.2 Å². The van der Waals surface area contributed by atoms with E-state index in [1.807, 2.05) is 47.6 Å². The number of aromatic nitrogens is 1. The summed E-state index contributed by atoms with van der Waals surface area (Å²) in [4.78, 5) is 17.0. The first-order valence-electron chi connectivity index (χ1n) is 10.3. The Balaban J connectivity index is 1.99. The normalized spacial score (nSPS) is 16.7. The van der Waals surface area contributed by atoms with Gasteiger partial charge in [-0.2, -0.15) is 0 Å². The molecule has 0 radical (unpaired) electrons. The van der Waals surface area contributed by atoms with Crippen molar-refractivity contribution in [3.63, 3.8) is 0 Å². The van der Waals surface area contributed by atoms with E-state index in [1.54, 1.807) is 20.0 Å². The highest BCUT2D eigenvalue weighted by molar-refractivity contribution is 6.47. The van der Waals surface area contributed by atoms with E-state index >= 15 is 0 Å². The van der Waals surface area contributed by atoms with Crippen LogP contribution in [0.2, 0.25) is 0 Å². The molecular weight excluding hydrogens is 369 g/mol. The number of hydrogen-bond acceptors (Lipinski definition) is 6. The molecular formula is C22H36BNO5. The van der Waals surface area contributed by atoms with Crippen LogP contribution in [0, 0.1) is 12.3 Å². The number of aliphatic hydroxyl groups is 1. The SMILES string of the molecule is Cc1cc(OCC2(C(=O)OC(C)(C)C)CCC2)ncc1BOC(C)(C)C(C)(C)O. The summed E-state index contributed by atoms with van der Waals surface area (Å²) in [5.74, 6) is 0.301. The number of pyridine rings is 1. The molecule has 29 heavy (non-hydrogen) atoms. The molecule has 6 nitrogen and oxygen atoms in total. The molecule has 0 bridgehead atoms. The average molecular weight is 405 g/mol. The average Bonchev–Trinajstić information content (AvgIpc) is 2.50. The van der Waals surface area contributed by atoms with E-state index in [2.05, 4.69) is 4.98 Å². The van der Waals surface area contributed by atoms with E-state index in [0.29, 0.717) is 13.4 Å². The van der Waals surface area contributed by atoms with Crippen molar-refractivity contribution in [2.45, 2.75) is 91.5 Å². The Morgan fingerprint density at radius 2 is 1.83 bits per heavy atom. The van der Waals surface area contributed by atoms with Gasteiger partial charge in [0, 0.05) is 12.3 Å². The van der Waals surface area contributed by atoms with Gasteiger partial charge in [-0.1, -0.05) is 6.42 Å². The van der Waals surface area contributed by atoms with Crippen molar-refractivity contribution < 1.29 is 24.0 Å². The molecule has 162 valence electrons. The monoisotopic (exact) mass is 405 g/mol. The maximum Gasteiger partial charge on any atom is 0.316 e. The van der Waals surface area contributed by atoms with Crippen LogP contribution in [0.25, 0.3) is 0 Å². The second-order valence-corrected chi connectivity index (χ2v) is 10.2. The quantitative estimate of drug-likeness (QED) is 0.530. The maximum atomic E-state index is 12.6. The van der Waals surface area contributed by atoms with Crippen molar-refractivity contribution in [2.75, 3.05) is 6.61 Å². The Hall–Kier alpha value is -1.60. The van der Waals surface area contributed by atoms with Crippen LogP contribution in [0.15, 0.2) is 12.3 Å². The first kappa shape index (κ1) is 23.7. The van der Waals surface area contributed by atoms with E-state index < -0.39 is 22.2 Å². The van der Waals surface area contributed by atoms with Gasteiger partial charge in [-0.15, -0.1) is 0 Å². The first-order chi connectivity index (χ1) is 13.2. The third-order valence-electron chi connectivity index (χ3n) is 5.89. The van der Waals surface area contributed by atoms with Gasteiger partial charge in [0.15, 0.2) is 0 Å². The lowest BCUT2D eigenvalue weighted by atomic mass is 9.69. The van der Waals surface area contributed by atoms with Crippen LogP contribution in [0.1, 0.15) is 73.3 Å². The molecule has 0 amide bonds. The minimum absolute atomic E-state index is 0.188. The molecule has 1 aromatic rings. The van der Waals surface area contributed by atoms with Gasteiger partial charge in [-0.25, -0.2) is 4.98 Å². The van der Waals surface area contributed by atoms with E-state index in [4.69, 9.17) is 14.1 Å². The Bertz CT molecular complexity index is 730. The third-order valence-corrected chi connectivity index (χ3v) is 5.89. The molecule has 0 atom stereocenters. The van der Waals surface area contributed by atoms with Crippen LogP contribution < -0.4 is 10.2 Å². The lowest BCUT2D eigenvalue weighted by molar-refractivity contribution is -0.176. The molecule has 0 unspecified atom stereocenters. The fraction of sp³-hybridized carbons (Fsp3) is 0.727. The molecule has 2 rings (SSSR count). The minimum Gasteiger partial charge on any atom is -0.476 e. The molecule has 1 aliphatic carbocycles. The van der Waals surface area contributed by atoms with Crippen molar-refractivity contribution in [3.05, 3.63) is 17.8 Å². The molecule has 1 fully saturated rings. The number of aryl methyl sites for hydroxylation is 1. The van der Waals surface area contributed by atoms with Crippen LogP contribution in [0.5, 0.6) is 5.88 Å². The zero-order chi connectivity index (χ0) is 22.1. The van der Waals surface area contributed by atoms with E-state index in [0.717, 1.165) is 30.3 Å². The van der Waals surface area contributed by atoms with Crippen molar-refractivity contribution in [3.8, 4) is 5.88 Å². The largest absolute Gasteiger partial charge is 0.476 e. The smallest absolute Gasteiger partial charge is 0.316 e. The molecule has 7 heteroatoms. The lowest BCUT2D eigenvalue weighted by Crippen LogP contribution is -2.49. The predicted octanol–water partition coefficient (Wildman–Crippen LogP) is 2.82. The van der Waals surface area contributed by atoms with E-state index in [9.17, 15) is 9.90 Å². The van der Waals surface area contributed by atoms with Gasteiger partial charge in [0.1, 0.15) is 17.6 Å². The van der Waals surface area contributed by atoms with Gasteiger partial charge >= 0.3 is 13.5 Å². The number of ether oxygens (including phenoxy) is 2. The highest BCUT2D eigenvalue weighted by Gasteiger charge is 2.47.